The number of aryl methyl sites for hydroxylation is 2. The minimum absolute atomic E-state index is 0.176. The molecule has 3 aromatic rings. The molecule has 9 heteroatoms. The Morgan fingerprint density at radius 3 is 2.67 bits per heavy atom. The minimum Gasteiger partial charge on any atom is -0.449 e. The van der Waals surface area contributed by atoms with E-state index in [1.165, 1.54) is 19.1 Å². The summed E-state index contributed by atoms with van der Waals surface area (Å²) in [5.74, 6) is -1.24. The summed E-state index contributed by atoms with van der Waals surface area (Å²) in [4.78, 5) is 41.4. The van der Waals surface area contributed by atoms with Gasteiger partial charge in [-0.25, -0.2) is 9.78 Å². The Morgan fingerprint density at radius 2 is 1.97 bits per heavy atom. The zero-order valence-electron chi connectivity index (χ0n) is 16.5. The number of anilines is 1. The number of aromatic nitrogens is 2. The molecule has 1 unspecified atom stereocenters. The molecule has 0 saturated heterocycles. The highest BCUT2D eigenvalue weighted by Crippen LogP contribution is 2.29. The van der Waals surface area contributed by atoms with Crippen molar-refractivity contribution in [1.29, 1.82) is 0 Å². The highest BCUT2D eigenvalue weighted by Gasteiger charge is 2.21. The third-order valence-corrected chi connectivity index (χ3v) is 5.34. The molecule has 0 spiro atoms. The summed E-state index contributed by atoms with van der Waals surface area (Å²) >= 11 is 12.0. The lowest BCUT2D eigenvalue weighted by atomic mass is 10.2. The molecular formula is C21H19Cl2N3O4. The van der Waals surface area contributed by atoms with E-state index in [1.807, 2.05) is 6.92 Å². The van der Waals surface area contributed by atoms with Gasteiger partial charge in [-0.2, -0.15) is 0 Å². The van der Waals surface area contributed by atoms with Crippen LogP contribution in [-0.2, 0) is 16.1 Å². The minimum atomic E-state index is -1.08. The summed E-state index contributed by atoms with van der Waals surface area (Å²) in [6.07, 6.45) is -1.08. The van der Waals surface area contributed by atoms with Crippen molar-refractivity contribution in [3.63, 3.8) is 0 Å². The van der Waals surface area contributed by atoms with Crippen molar-refractivity contribution in [2.24, 2.45) is 0 Å². The van der Waals surface area contributed by atoms with Gasteiger partial charge in [0, 0.05) is 6.54 Å². The van der Waals surface area contributed by atoms with Gasteiger partial charge in [-0.15, -0.1) is 0 Å². The average molecular weight is 448 g/mol. The molecule has 0 saturated carbocycles. The Hall–Kier alpha value is -2.90. The summed E-state index contributed by atoms with van der Waals surface area (Å²) < 4.78 is 6.86. The number of fused-ring (bicyclic) bond motifs is 1. The van der Waals surface area contributed by atoms with Crippen LogP contribution in [0.1, 0.15) is 29.9 Å². The number of amides is 1. The summed E-state index contributed by atoms with van der Waals surface area (Å²) in [7, 11) is 0. The fraction of sp³-hybridized carbons (Fsp3) is 0.238. The van der Waals surface area contributed by atoms with Gasteiger partial charge < -0.3 is 14.6 Å². The third kappa shape index (κ3) is 4.32. The molecule has 0 aliphatic carbocycles. The lowest BCUT2D eigenvalue weighted by molar-refractivity contribution is -0.123. The lowest BCUT2D eigenvalue weighted by Gasteiger charge is -2.15. The number of esters is 1. The van der Waals surface area contributed by atoms with E-state index >= 15 is 0 Å². The number of carbonyl (C=O) groups excluding carboxylic acids is 2. The fourth-order valence-electron chi connectivity index (χ4n) is 2.93. The maximum atomic E-state index is 12.5. The summed E-state index contributed by atoms with van der Waals surface area (Å²) in [5, 5.41) is 3.08. The van der Waals surface area contributed by atoms with E-state index in [-0.39, 0.29) is 16.1 Å². The number of nitrogens with one attached hydrogen (secondary N) is 1. The highest BCUT2D eigenvalue weighted by molar-refractivity contribution is 6.44. The van der Waals surface area contributed by atoms with E-state index in [1.54, 1.807) is 35.8 Å². The standard InChI is InChI=1S/C21H19Cl2N3O4/c1-4-26-17-9-8-13(10-16(17)24-11(2)20(26)28)21(29)30-12(3)19(27)25-15-7-5-6-14(22)18(15)23/h5-10,12H,4H2,1-3H3,(H,25,27). The zero-order valence-corrected chi connectivity index (χ0v) is 18.0. The molecule has 2 aromatic carbocycles. The van der Waals surface area contributed by atoms with Crippen LogP contribution in [0.15, 0.2) is 41.2 Å². The molecule has 0 radical (unpaired) electrons. The van der Waals surface area contributed by atoms with E-state index in [0.717, 1.165) is 0 Å². The van der Waals surface area contributed by atoms with Crippen molar-refractivity contribution in [2.75, 3.05) is 5.32 Å². The van der Waals surface area contributed by atoms with Gasteiger partial charge in [-0.05, 0) is 51.1 Å². The van der Waals surface area contributed by atoms with Crippen LogP contribution < -0.4 is 10.9 Å². The fourth-order valence-corrected chi connectivity index (χ4v) is 3.28. The number of carbonyl (C=O) groups is 2. The molecule has 0 aliphatic rings. The molecule has 0 aliphatic heterocycles. The topological polar surface area (TPSA) is 90.3 Å². The second-order valence-corrected chi connectivity index (χ2v) is 7.37. The Kier molecular flexibility index (Phi) is 6.43. The monoisotopic (exact) mass is 447 g/mol. The van der Waals surface area contributed by atoms with Crippen LogP contribution in [-0.4, -0.2) is 27.5 Å². The first kappa shape index (κ1) is 21.8. The maximum absolute atomic E-state index is 12.5. The van der Waals surface area contributed by atoms with E-state index in [9.17, 15) is 14.4 Å². The largest absolute Gasteiger partial charge is 0.449 e. The quantitative estimate of drug-likeness (QED) is 0.591. The molecular weight excluding hydrogens is 429 g/mol. The number of halogens is 2. The number of nitrogens with zero attached hydrogens (tertiary/aromatic N) is 2. The molecule has 1 N–H and O–H groups in total. The summed E-state index contributed by atoms with van der Waals surface area (Å²) in [6.45, 7) is 5.40. The van der Waals surface area contributed by atoms with Crippen LogP contribution in [0.4, 0.5) is 5.69 Å². The van der Waals surface area contributed by atoms with Crippen LogP contribution >= 0.6 is 23.2 Å². The smallest absolute Gasteiger partial charge is 0.338 e. The van der Waals surface area contributed by atoms with Crippen LogP contribution in [0.3, 0.4) is 0 Å². The molecule has 1 atom stereocenters. The van der Waals surface area contributed by atoms with Crippen molar-refractivity contribution in [3.8, 4) is 0 Å². The normalized spacial score (nSPS) is 11.9. The Balaban J connectivity index is 1.78. The van der Waals surface area contributed by atoms with E-state index in [0.29, 0.717) is 34.0 Å². The SMILES string of the molecule is CCn1c(=O)c(C)nc2cc(C(=O)OC(C)C(=O)Nc3cccc(Cl)c3Cl)ccc21. The Morgan fingerprint density at radius 1 is 1.23 bits per heavy atom. The molecule has 1 aromatic heterocycles. The first-order valence-electron chi connectivity index (χ1n) is 9.20. The number of benzene rings is 2. The Bertz CT molecular complexity index is 1210. The van der Waals surface area contributed by atoms with Crippen molar-refractivity contribution in [2.45, 2.75) is 33.4 Å². The van der Waals surface area contributed by atoms with Gasteiger partial charge in [0.1, 0.15) is 5.69 Å². The first-order valence-corrected chi connectivity index (χ1v) is 9.95. The van der Waals surface area contributed by atoms with Crippen LogP contribution in [0.2, 0.25) is 10.0 Å². The molecule has 0 fully saturated rings. The van der Waals surface area contributed by atoms with Crippen molar-refractivity contribution < 1.29 is 14.3 Å². The number of hydrogen-bond donors (Lipinski definition) is 1. The molecule has 156 valence electrons. The zero-order chi connectivity index (χ0) is 22.0. The average Bonchev–Trinajstić information content (AvgIpc) is 2.72. The van der Waals surface area contributed by atoms with E-state index in [2.05, 4.69) is 10.3 Å². The van der Waals surface area contributed by atoms with Gasteiger partial charge in [0.2, 0.25) is 0 Å². The van der Waals surface area contributed by atoms with Crippen LogP contribution in [0.5, 0.6) is 0 Å². The summed E-state index contributed by atoms with van der Waals surface area (Å²) in [5.41, 5.74) is 1.81. The van der Waals surface area contributed by atoms with Crippen LogP contribution in [0, 0.1) is 6.92 Å². The van der Waals surface area contributed by atoms with Gasteiger partial charge in [0.05, 0.1) is 32.3 Å². The number of hydrogen-bond acceptors (Lipinski definition) is 5. The lowest BCUT2D eigenvalue weighted by Crippen LogP contribution is -2.30. The third-order valence-electron chi connectivity index (χ3n) is 4.52. The molecule has 1 heterocycles. The van der Waals surface area contributed by atoms with Crippen molar-refractivity contribution in [3.05, 3.63) is 68.1 Å². The van der Waals surface area contributed by atoms with Gasteiger partial charge in [-0.3, -0.25) is 9.59 Å². The van der Waals surface area contributed by atoms with Gasteiger partial charge in [0.15, 0.2) is 6.10 Å². The van der Waals surface area contributed by atoms with Crippen molar-refractivity contribution >= 4 is 51.8 Å². The predicted octanol–water partition coefficient (Wildman–Crippen LogP) is 4.22. The molecule has 3 rings (SSSR count). The van der Waals surface area contributed by atoms with Gasteiger partial charge in [0.25, 0.3) is 11.5 Å². The Labute approximate surface area is 182 Å². The first-order chi connectivity index (χ1) is 14.2. The van der Waals surface area contributed by atoms with Gasteiger partial charge >= 0.3 is 5.97 Å². The van der Waals surface area contributed by atoms with Crippen LogP contribution in [0.25, 0.3) is 11.0 Å². The van der Waals surface area contributed by atoms with Gasteiger partial charge in [-0.1, -0.05) is 29.3 Å². The van der Waals surface area contributed by atoms with Crippen molar-refractivity contribution in [1.82, 2.24) is 9.55 Å². The second-order valence-electron chi connectivity index (χ2n) is 6.59. The maximum Gasteiger partial charge on any atom is 0.338 e. The predicted molar refractivity (Wildman–Crippen MR) is 116 cm³/mol. The number of rotatable bonds is 5. The van der Waals surface area contributed by atoms with E-state index in [4.69, 9.17) is 27.9 Å². The number of ether oxygens (including phenoxy) is 1. The summed E-state index contributed by atoms with van der Waals surface area (Å²) in [6, 6.07) is 9.53. The second kappa shape index (κ2) is 8.85. The molecule has 1 amide bonds. The molecule has 30 heavy (non-hydrogen) atoms. The van der Waals surface area contributed by atoms with E-state index < -0.39 is 18.0 Å². The molecule has 7 nitrogen and oxygen atoms in total. The molecule has 0 bridgehead atoms. The highest BCUT2D eigenvalue weighted by atomic mass is 35.5.